The van der Waals surface area contributed by atoms with Crippen LogP contribution >= 0.6 is 0 Å². The van der Waals surface area contributed by atoms with Gasteiger partial charge in [0.25, 0.3) is 0 Å². The summed E-state index contributed by atoms with van der Waals surface area (Å²) >= 11 is 0. The smallest absolute Gasteiger partial charge is 0.338 e. The third kappa shape index (κ3) is 2.61. The van der Waals surface area contributed by atoms with Gasteiger partial charge >= 0.3 is 5.97 Å². The number of carboxylic acids is 1. The normalized spacial score (nSPS) is 10.7. The van der Waals surface area contributed by atoms with E-state index in [1.807, 2.05) is 41.9 Å². The molecule has 0 saturated carbocycles. The quantitative estimate of drug-likeness (QED) is 0.780. The molecule has 5 heteroatoms. The molecule has 23 heavy (non-hydrogen) atoms. The lowest BCUT2D eigenvalue weighted by atomic mass is 10.0. The third-order valence-electron chi connectivity index (χ3n) is 3.67. The first-order valence-electron chi connectivity index (χ1n) is 7.30. The van der Waals surface area contributed by atoms with Crippen LogP contribution in [0.1, 0.15) is 17.3 Å². The number of hydrogen-bond donors (Lipinski definition) is 1. The number of benzene rings is 1. The fraction of sp³-hybridized carbons (Fsp3) is 0.167. The Balaban J connectivity index is 2.20. The van der Waals surface area contributed by atoms with Crippen LogP contribution in [0.4, 0.5) is 0 Å². The number of aromatic nitrogens is 1. The van der Waals surface area contributed by atoms with Crippen LogP contribution in [-0.4, -0.2) is 29.2 Å². The van der Waals surface area contributed by atoms with Gasteiger partial charge in [0, 0.05) is 18.0 Å². The van der Waals surface area contributed by atoms with Gasteiger partial charge in [-0.25, -0.2) is 4.79 Å². The van der Waals surface area contributed by atoms with E-state index in [-0.39, 0.29) is 5.56 Å². The molecule has 5 nitrogen and oxygen atoms in total. The number of aromatic carboxylic acids is 1. The molecule has 0 atom stereocenters. The minimum atomic E-state index is -0.957. The number of carboxylic acid groups (broad SMARTS) is 1. The predicted molar refractivity (Wildman–Crippen MR) is 87.5 cm³/mol. The summed E-state index contributed by atoms with van der Waals surface area (Å²) in [5, 5.41) is 9.61. The maximum Gasteiger partial charge on any atom is 0.338 e. The highest BCUT2D eigenvalue weighted by Crippen LogP contribution is 2.35. The summed E-state index contributed by atoms with van der Waals surface area (Å²) in [6, 6.07) is 10.9. The Morgan fingerprint density at radius 3 is 2.74 bits per heavy atom. The van der Waals surface area contributed by atoms with Crippen LogP contribution in [0.2, 0.25) is 0 Å². The number of ether oxygens (including phenoxy) is 2. The molecule has 0 fully saturated rings. The maximum absolute atomic E-state index is 11.7. The summed E-state index contributed by atoms with van der Waals surface area (Å²) in [6.07, 6.45) is 3.64. The molecular formula is C18H17NO4. The fourth-order valence-electron chi connectivity index (χ4n) is 2.68. The van der Waals surface area contributed by atoms with E-state index in [0.717, 1.165) is 5.56 Å². The molecular weight excluding hydrogens is 294 g/mol. The van der Waals surface area contributed by atoms with Crippen LogP contribution in [0.3, 0.4) is 0 Å². The van der Waals surface area contributed by atoms with Crippen molar-refractivity contribution in [3.8, 4) is 22.6 Å². The van der Waals surface area contributed by atoms with E-state index in [9.17, 15) is 9.90 Å². The molecule has 0 spiro atoms. The topological polar surface area (TPSA) is 60.2 Å². The van der Waals surface area contributed by atoms with Crippen LogP contribution < -0.4 is 9.47 Å². The van der Waals surface area contributed by atoms with Gasteiger partial charge in [0.2, 0.25) is 0 Å². The predicted octanol–water partition coefficient (Wildman–Crippen LogP) is 3.71. The van der Waals surface area contributed by atoms with E-state index in [0.29, 0.717) is 29.2 Å². The Labute approximate surface area is 133 Å². The Kier molecular flexibility index (Phi) is 3.93. The van der Waals surface area contributed by atoms with Crippen LogP contribution in [0.5, 0.6) is 11.5 Å². The van der Waals surface area contributed by atoms with Gasteiger partial charge in [0.15, 0.2) is 11.5 Å². The van der Waals surface area contributed by atoms with E-state index in [1.165, 1.54) is 0 Å². The van der Waals surface area contributed by atoms with E-state index in [2.05, 4.69) is 0 Å². The molecule has 0 aliphatic rings. The number of carbonyl (C=O) groups is 1. The molecule has 0 aliphatic heterocycles. The molecule has 118 valence electrons. The first-order chi connectivity index (χ1) is 11.2. The van der Waals surface area contributed by atoms with Gasteiger partial charge in [-0.1, -0.05) is 12.1 Å². The number of rotatable bonds is 5. The Hall–Kier alpha value is -2.95. The molecule has 0 amide bonds. The average Bonchev–Trinajstić information content (AvgIpc) is 2.95. The lowest BCUT2D eigenvalue weighted by molar-refractivity contribution is 0.0700. The minimum Gasteiger partial charge on any atom is -0.493 e. The Morgan fingerprint density at radius 2 is 2.04 bits per heavy atom. The molecule has 2 heterocycles. The van der Waals surface area contributed by atoms with Crippen molar-refractivity contribution in [2.75, 3.05) is 13.7 Å². The van der Waals surface area contributed by atoms with Gasteiger partial charge in [-0.15, -0.1) is 0 Å². The largest absolute Gasteiger partial charge is 0.493 e. The highest BCUT2D eigenvalue weighted by molar-refractivity contribution is 6.03. The summed E-state index contributed by atoms with van der Waals surface area (Å²) in [4.78, 5) is 11.7. The van der Waals surface area contributed by atoms with Gasteiger partial charge in [0.05, 0.1) is 24.8 Å². The Bertz CT molecular complexity index is 867. The van der Waals surface area contributed by atoms with Crippen LogP contribution in [0, 0.1) is 0 Å². The van der Waals surface area contributed by atoms with Gasteiger partial charge in [-0.3, -0.25) is 0 Å². The van der Waals surface area contributed by atoms with E-state index >= 15 is 0 Å². The van der Waals surface area contributed by atoms with Crippen LogP contribution in [0.15, 0.2) is 48.8 Å². The molecule has 0 bridgehead atoms. The maximum atomic E-state index is 11.7. The molecule has 1 aromatic carbocycles. The highest BCUT2D eigenvalue weighted by Gasteiger charge is 2.19. The summed E-state index contributed by atoms with van der Waals surface area (Å²) in [6.45, 7) is 2.43. The zero-order chi connectivity index (χ0) is 16.4. The van der Waals surface area contributed by atoms with Crippen molar-refractivity contribution in [1.29, 1.82) is 0 Å². The van der Waals surface area contributed by atoms with Crippen molar-refractivity contribution in [3.63, 3.8) is 0 Å². The molecule has 0 aliphatic carbocycles. The van der Waals surface area contributed by atoms with Crippen LogP contribution in [0.25, 0.3) is 16.6 Å². The number of fused-ring (bicyclic) bond motifs is 1. The van der Waals surface area contributed by atoms with Crippen molar-refractivity contribution in [2.45, 2.75) is 6.92 Å². The number of hydrogen-bond acceptors (Lipinski definition) is 3. The summed E-state index contributed by atoms with van der Waals surface area (Å²) < 4.78 is 12.7. The number of nitrogens with zero attached hydrogens (tertiary/aromatic N) is 1. The molecule has 0 radical (unpaired) electrons. The molecule has 0 unspecified atom stereocenters. The summed E-state index contributed by atoms with van der Waals surface area (Å²) in [5.41, 5.74) is 2.34. The lowest BCUT2D eigenvalue weighted by Crippen LogP contribution is -1.99. The fourth-order valence-corrected chi connectivity index (χ4v) is 2.68. The van der Waals surface area contributed by atoms with E-state index in [4.69, 9.17) is 9.47 Å². The third-order valence-corrected chi connectivity index (χ3v) is 3.67. The molecule has 1 N–H and O–H groups in total. The van der Waals surface area contributed by atoms with Gasteiger partial charge in [-0.2, -0.15) is 0 Å². The Morgan fingerprint density at radius 1 is 1.22 bits per heavy atom. The van der Waals surface area contributed by atoms with Crippen LogP contribution in [-0.2, 0) is 0 Å². The second kappa shape index (κ2) is 6.04. The van der Waals surface area contributed by atoms with Crippen molar-refractivity contribution >= 4 is 11.5 Å². The molecule has 3 rings (SSSR count). The lowest BCUT2D eigenvalue weighted by Gasteiger charge is -2.11. The van der Waals surface area contributed by atoms with E-state index < -0.39 is 5.97 Å². The number of pyridine rings is 1. The van der Waals surface area contributed by atoms with Crippen molar-refractivity contribution in [2.24, 2.45) is 0 Å². The van der Waals surface area contributed by atoms with E-state index in [1.54, 1.807) is 25.3 Å². The van der Waals surface area contributed by atoms with Gasteiger partial charge in [-0.05, 0) is 36.8 Å². The monoisotopic (exact) mass is 311 g/mol. The standard InChI is InChI=1S/C18H17NO4/c1-3-23-15-8-7-12(10-16(15)22-2)13-11-19-9-5-4-6-14(19)17(13)18(20)21/h4-11H,3H2,1-2H3,(H,20,21). The average molecular weight is 311 g/mol. The first-order valence-corrected chi connectivity index (χ1v) is 7.30. The summed E-state index contributed by atoms with van der Waals surface area (Å²) in [5.74, 6) is 0.261. The van der Waals surface area contributed by atoms with Crippen molar-refractivity contribution < 1.29 is 19.4 Å². The number of methoxy groups -OCH3 is 1. The highest BCUT2D eigenvalue weighted by atomic mass is 16.5. The zero-order valence-corrected chi connectivity index (χ0v) is 12.9. The first kappa shape index (κ1) is 15.0. The van der Waals surface area contributed by atoms with Gasteiger partial charge < -0.3 is 19.0 Å². The zero-order valence-electron chi connectivity index (χ0n) is 12.9. The summed E-state index contributed by atoms with van der Waals surface area (Å²) in [7, 11) is 1.57. The molecule has 0 saturated heterocycles. The molecule has 3 aromatic rings. The molecule has 2 aromatic heterocycles. The van der Waals surface area contributed by atoms with Gasteiger partial charge in [0.1, 0.15) is 0 Å². The second-order valence-electron chi connectivity index (χ2n) is 5.01. The second-order valence-corrected chi connectivity index (χ2v) is 5.01. The van der Waals surface area contributed by atoms with Crippen molar-refractivity contribution in [3.05, 3.63) is 54.4 Å². The van der Waals surface area contributed by atoms with Crippen molar-refractivity contribution in [1.82, 2.24) is 4.40 Å². The minimum absolute atomic E-state index is 0.275. The SMILES string of the molecule is CCOc1ccc(-c2cn3ccccc3c2C(=O)O)cc1OC.